The number of nitrogens with one attached hydrogen (secondary N) is 2. The highest BCUT2D eigenvalue weighted by atomic mass is 32.2. The van der Waals surface area contributed by atoms with Crippen molar-refractivity contribution in [3.05, 3.63) is 29.8 Å². The van der Waals surface area contributed by atoms with Crippen molar-refractivity contribution in [2.45, 2.75) is 71.2 Å². The largest absolute Gasteiger partial charge is 0.329 e. The summed E-state index contributed by atoms with van der Waals surface area (Å²) in [6, 6.07) is 9.20. The monoisotopic (exact) mass is 353 g/mol. The van der Waals surface area contributed by atoms with E-state index in [1.807, 2.05) is 0 Å². The summed E-state index contributed by atoms with van der Waals surface area (Å²) in [4.78, 5) is 1.25. The van der Waals surface area contributed by atoms with Gasteiger partial charge in [0.05, 0.1) is 0 Å². The molecule has 0 amide bonds. The molecule has 4 N–H and O–H groups in total. The first-order valence-electron chi connectivity index (χ1n) is 9.19. The molecule has 0 aliphatic rings. The van der Waals surface area contributed by atoms with Crippen LogP contribution in [-0.2, 0) is 5.41 Å². The van der Waals surface area contributed by atoms with E-state index in [-0.39, 0.29) is 5.41 Å². The van der Waals surface area contributed by atoms with Gasteiger partial charge in [-0.3, -0.25) is 4.72 Å². The molecule has 3 nitrogen and oxygen atoms in total. The van der Waals surface area contributed by atoms with E-state index >= 15 is 0 Å². The van der Waals surface area contributed by atoms with Crippen molar-refractivity contribution in [1.82, 2.24) is 10.0 Å². The molecule has 0 saturated carbocycles. The molecule has 0 spiro atoms. The fraction of sp³-hybridized carbons (Fsp3) is 0.700. The first-order valence-corrected chi connectivity index (χ1v) is 10.0. The van der Waals surface area contributed by atoms with Gasteiger partial charge in [-0.25, -0.2) is 0 Å². The lowest BCUT2D eigenvalue weighted by Crippen LogP contribution is -2.42. The standard InChI is InChI=1S/C17H31N3S.C3H8/c1-13(2)16(12-18)19-10-11-20-21-15-8-6-14(7-9-15)17(3,4)5;1-3-2/h6-9,13,16,19-20H,10-12,18H2,1-5H3;3H2,1-2H3. The van der Waals surface area contributed by atoms with Crippen LogP contribution in [0.2, 0.25) is 0 Å². The topological polar surface area (TPSA) is 50.1 Å². The molecule has 1 atom stereocenters. The maximum absolute atomic E-state index is 5.74. The van der Waals surface area contributed by atoms with Crippen LogP contribution in [0.15, 0.2) is 29.2 Å². The van der Waals surface area contributed by atoms with Crippen LogP contribution < -0.4 is 15.8 Å². The molecule has 0 radical (unpaired) electrons. The molecule has 1 rings (SSSR count). The van der Waals surface area contributed by atoms with E-state index in [2.05, 4.69) is 82.8 Å². The molecule has 140 valence electrons. The molecule has 0 aliphatic heterocycles. The minimum absolute atomic E-state index is 0.217. The summed E-state index contributed by atoms with van der Waals surface area (Å²) in [5.41, 5.74) is 7.33. The highest BCUT2D eigenvalue weighted by Gasteiger charge is 2.13. The molecule has 0 bridgehead atoms. The number of hydrogen-bond donors (Lipinski definition) is 3. The molecule has 1 unspecified atom stereocenters. The van der Waals surface area contributed by atoms with Crippen molar-refractivity contribution in [2.24, 2.45) is 11.7 Å². The molecule has 24 heavy (non-hydrogen) atoms. The van der Waals surface area contributed by atoms with E-state index in [0.29, 0.717) is 18.5 Å². The van der Waals surface area contributed by atoms with Gasteiger partial charge in [-0.2, -0.15) is 0 Å². The quantitative estimate of drug-likeness (QED) is 0.473. The van der Waals surface area contributed by atoms with Gasteiger partial charge in [0.15, 0.2) is 0 Å². The van der Waals surface area contributed by atoms with E-state index in [1.165, 1.54) is 16.9 Å². The third kappa shape index (κ3) is 10.3. The number of rotatable bonds is 8. The minimum atomic E-state index is 0.217. The summed E-state index contributed by atoms with van der Waals surface area (Å²) in [6.07, 6.45) is 1.25. The van der Waals surface area contributed by atoms with Crippen LogP contribution in [0.3, 0.4) is 0 Å². The van der Waals surface area contributed by atoms with Gasteiger partial charge in [0.25, 0.3) is 0 Å². The molecule has 0 aliphatic carbocycles. The Hall–Kier alpha value is -0.550. The smallest absolute Gasteiger partial charge is 0.0228 e. The van der Waals surface area contributed by atoms with Gasteiger partial charge in [0, 0.05) is 30.6 Å². The Bertz CT molecular complexity index is 410. The van der Waals surface area contributed by atoms with Crippen molar-refractivity contribution >= 4 is 11.9 Å². The van der Waals surface area contributed by atoms with Crippen molar-refractivity contribution in [1.29, 1.82) is 0 Å². The summed E-state index contributed by atoms with van der Waals surface area (Å²) in [5, 5.41) is 3.48. The van der Waals surface area contributed by atoms with Crippen molar-refractivity contribution in [3.63, 3.8) is 0 Å². The lowest BCUT2D eigenvalue weighted by molar-refractivity contribution is 0.409. The Kier molecular flexibility index (Phi) is 12.5. The zero-order chi connectivity index (χ0) is 18.6. The SMILES string of the molecule is CC(C)C(CN)NCCNSc1ccc(C(C)(C)C)cc1.CCC. The number of nitrogens with two attached hydrogens (primary N) is 1. The van der Waals surface area contributed by atoms with E-state index in [1.54, 1.807) is 11.9 Å². The fourth-order valence-corrected chi connectivity index (χ4v) is 2.70. The highest BCUT2D eigenvalue weighted by Crippen LogP contribution is 2.24. The summed E-state index contributed by atoms with van der Waals surface area (Å²) < 4.78 is 3.39. The van der Waals surface area contributed by atoms with Crippen molar-refractivity contribution < 1.29 is 0 Å². The second kappa shape index (κ2) is 12.8. The zero-order valence-corrected chi connectivity index (χ0v) is 17.6. The normalized spacial score (nSPS) is 12.7. The van der Waals surface area contributed by atoms with Crippen LogP contribution in [0.25, 0.3) is 0 Å². The second-order valence-electron chi connectivity index (χ2n) is 7.52. The fourth-order valence-electron chi connectivity index (χ4n) is 2.06. The Balaban J connectivity index is 0.00000163. The van der Waals surface area contributed by atoms with E-state index in [9.17, 15) is 0 Å². The molecule has 0 heterocycles. The van der Waals surface area contributed by atoms with Crippen molar-refractivity contribution in [3.8, 4) is 0 Å². The Labute approximate surface area is 154 Å². The zero-order valence-electron chi connectivity index (χ0n) is 16.8. The maximum Gasteiger partial charge on any atom is 0.0228 e. The molecule has 0 fully saturated rings. The average Bonchev–Trinajstić information content (AvgIpc) is 2.51. The Morgan fingerprint density at radius 2 is 1.58 bits per heavy atom. The van der Waals surface area contributed by atoms with E-state index in [4.69, 9.17) is 5.73 Å². The molecule has 1 aromatic carbocycles. The summed E-state index contributed by atoms with van der Waals surface area (Å²) >= 11 is 1.69. The van der Waals surface area contributed by atoms with Gasteiger partial charge in [0.1, 0.15) is 0 Å². The molecule has 1 aromatic rings. The summed E-state index contributed by atoms with van der Waals surface area (Å²) in [5.74, 6) is 0.576. The molecule has 0 saturated heterocycles. The van der Waals surface area contributed by atoms with Gasteiger partial charge in [-0.15, -0.1) is 0 Å². The third-order valence-electron chi connectivity index (χ3n) is 3.60. The van der Waals surface area contributed by atoms with Gasteiger partial charge in [0.2, 0.25) is 0 Å². The van der Waals surface area contributed by atoms with Crippen LogP contribution in [0.5, 0.6) is 0 Å². The number of benzene rings is 1. The minimum Gasteiger partial charge on any atom is -0.329 e. The number of hydrogen-bond acceptors (Lipinski definition) is 4. The summed E-state index contributed by atoms with van der Waals surface area (Å²) in [6.45, 7) is 17.9. The van der Waals surface area contributed by atoms with Crippen LogP contribution >= 0.6 is 11.9 Å². The van der Waals surface area contributed by atoms with Crippen LogP contribution in [0.4, 0.5) is 0 Å². The van der Waals surface area contributed by atoms with Crippen LogP contribution in [0.1, 0.15) is 60.5 Å². The van der Waals surface area contributed by atoms with E-state index < -0.39 is 0 Å². The first kappa shape index (κ1) is 23.4. The maximum atomic E-state index is 5.74. The predicted octanol–water partition coefficient (Wildman–Crippen LogP) is 4.57. The molecule has 4 heteroatoms. The third-order valence-corrected chi connectivity index (χ3v) is 4.46. The average molecular weight is 354 g/mol. The van der Waals surface area contributed by atoms with Crippen molar-refractivity contribution in [2.75, 3.05) is 19.6 Å². The highest BCUT2D eigenvalue weighted by molar-refractivity contribution is 7.97. The second-order valence-corrected chi connectivity index (χ2v) is 8.48. The van der Waals surface area contributed by atoms with Crippen LogP contribution in [0, 0.1) is 5.92 Å². The van der Waals surface area contributed by atoms with Crippen LogP contribution in [-0.4, -0.2) is 25.7 Å². The molecular formula is C20H39N3S. The van der Waals surface area contributed by atoms with E-state index in [0.717, 1.165) is 13.1 Å². The van der Waals surface area contributed by atoms with Gasteiger partial charge >= 0.3 is 0 Å². The predicted molar refractivity (Wildman–Crippen MR) is 111 cm³/mol. The Morgan fingerprint density at radius 3 is 2.00 bits per heavy atom. The molecule has 0 aromatic heterocycles. The van der Waals surface area contributed by atoms with Gasteiger partial charge in [-0.05, 0) is 41.0 Å². The first-order chi connectivity index (χ1) is 11.3. The van der Waals surface area contributed by atoms with Gasteiger partial charge < -0.3 is 11.1 Å². The lowest BCUT2D eigenvalue weighted by Gasteiger charge is -2.20. The Morgan fingerprint density at radius 1 is 1.04 bits per heavy atom. The van der Waals surface area contributed by atoms with Gasteiger partial charge in [-0.1, -0.05) is 67.0 Å². The summed E-state index contributed by atoms with van der Waals surface area (Å²) in [7, 11) is 0. The lowest BCUT2D eigenvalue weighted by atomic mass is 9.87. The molecular weight excluding hydrogens is 314 g/mol.